The molecular weight excluding hydrogens is 192 g/mol. The lowest BCUT2D eigenvalue weighted by molar-refractivity contribution is -0.118. The Morgan fingerprint density at radius 2 is 2.00 bits per heavy atom. The molecule has 1 amide bonds. The number of rotatable bonds is 5. The number of nitrogens with two attached hydrogens (primary N) is 2. The molecule has 1 aromatic carbocycles. The van der Waals surface area contributed by atoms with Gasteiger partial charge in [0.2, 0.25) is 12.4 Å². The van der Waals surface area contributed by atoms with Crippen molar-refractivity contribution in [3.63, 3.8) is 0 Å². The van der Waals surface area contributed by atoms with E-state index < -0.39 is 0 Å². The molecule has 0 unspecified atom stereocenters. The molecule has 0 saturated carbocycles. The molecule has 80 valence electrons. The topological polar surface area (TPSA) is 84.7 Å². The maximum Gasteiger partial charge on any atom is 0.229 e. The van der Waals surface area contributed by atoms with Crippen LogP contribution in [0.15, 0.2) is 35.4 Å². The summed E-state index contributed by atoms with van der Waals surface area (Å²) in [5.74, 6) is -0.116. The van der Waals surface area contributed by atoms with E-state index >= 15 is 0 Å². The van der Waals surface area contributed by atoms with Gasteiger partial charge in [-0.15, -0.1) is 5.10 Å². The third kappa shape index (κ3) is 4.12. The summed E-state index contributed by atoms with van der Waals surface area (Å²) in [6.07, 6.45) is 1.32. The molecule has 0 saturated heterocycles. The molecule has 0 bridgehead atoms. The van der Waals surface area contributed by atoms with Crippen LogP contribution in [0.1, 0.15) is 5.56 Å². The molecule has 0 aliphatic rings. The molecule has 4 N–H and O–H groups in total. The monoisotopic (exact) mass is 206 g/mol. The molecule has 15 heavy (non-hydrogen) atoms. The van der Waals surface area contributed by atoms with Crippen LogP contribution in [0, 0.1) is 0 Å². The zero-order valence-corrected chi connectivity index (χ0v) is 8.34. The molecule has 0 aliphatic carbocycles. The van der Waals surface area contributed by atoms with Crippen LogP contribution in [-0.2, 0) is 11.2 Å². The minimum absolute atomic E-state index is 0.116. The van der Waals surface area contributed by atoms with Crippen LogP contribution in [-0.4, -0.2) is 23.9 Å². The van der Waals surface area contributed by atoms with Crippen LogP contribution >= 0.6 is 0 Å². The van der Waals surface area contributed by atoms with Crippen molar-refractivity contribution >= 4 is 12.4 Å². The molecular formula is C10H14N4O. The van der Waals surface area contributed by atoms with E-state index in [-0.39, 0.29) is 5.96 Å². The zero-order valence-electron chi connectivity index (χ0n) is 8.34. The number of benzene rings is 1. The van der Waals surface area contributed by atoms with Gasteiger partial charge in [0, 0.05) is 6.54 Å². The van der Waals surface area contributed by atoms with E-state index in [1.54, 1.807) is 0 Å². The van der Waals surface area contributed by atoms with Gasteiger partial charge in [-0.1, -0.05) is 30.3 Å². The molecule has 0 atom stereocenters. The normalized spacial score (nSPS) is 9.33. The number of carbonyl (C=O) groups is 1. The van der Waals surface area contributed by atoms with Crippen LogP contribution in [0.3, 0.4) is 0 Å². The number of hydrazone groups is 1. The van der Waals surface area contributed by atoms with E-state index in [0.717, 1.165) is 12.0 Å². The molecule has 0 aliphatic heterocycles. The van der Waals surface area contributed by atoms with Crippen LogP contribution < -0.4 is 11.5 Å². The summed E-state index contributed by atoms with van der Waals surface area (Å²) in [4.78, 5) is 10.6. The van der Waals surface area contributed by atoms with E-state index in [2.05, 4.69) is 5.10 Å². The minimum Gasteiger partial charge on any atom is -0.369 e. The average Bonchev–Trinajstić information content (AvgIpc) is 2.25. The maximum atomic E-state index is 10.6. The van der Waals surface area contributed by atoms with Crippen molar-refractivity contribution in [1.29, 1.82) is 0 Å². The van der Waals surface area contributed by atoms with Crippen molar-refractivity contribution in [1.82, 2.24) is 5.01 Å². The van der Waals surface area contributed by atoms with Crippen molar-refractivity contribution < 1.29 is 4.79 Å². The summed E-state index contributed by atoms with van der Waals surface area (Å²) < 4.78 is 0. The van der Waals surface area contributed by atoms with E-state index in [9.17, 15) is 4.79 Å². The number of hydrogen-bond donors (Lipinski definition) is 2. The molecule has 1 aromatic rings. The highest BCUT2D eigenvalue weighted by Crippen LogP contribution is 2.00. The molecule has 1 rings (SSSR count). The molecule has 0 radical (unpaired) electrons. The summed E-state index contributed by atoms with van der Waals surface area (Å²) in [7, 11) is 0. The van der Waals surface area contributed by atoms with Gasteiger partial charge in [-0.3, -0.25) is 4.79 Å². The third-order valence-electron chi connectivity index (χ3n) is 1.84. The summed E-state index contributed by atoms with van der Waals surface area (Å²) in [6, 6.07) is 9.80. The lowest BCUT2D eigenvalue weighted by atomic mass is 10.1. The fourth-order valence-corrected chi connectivity index (χ4v) is 1.16. The van der Waals surface area contributed by atoms with Gasteiger partial charge in [0.1, 0.15) is 0 Å². The Morgan fingerprint density at radius 3 is 2.53 bits per heavy atom. The Morgan fingerprint density at radius 1 is 1.33 bits per heavy atom. The Labute approximate surface area is 88.4 Å². The zero-order chi connectivity index (χ0) is 11.1. The Hall–Kier alpha value is -2.04. The second kappa shape index (κ2) is 5.64. The highest BCUT2D eigenvalue weighted by Gasteiger charge is 1.99. The van der Waals surface area contributed by atoms with Crippen molar-refractivity contribution in [2.24, 2.45) is 16.6 Å². The fraction of sp³-hybridized carbons (Fsp3) is 0.200. The third-order valence-corrected chi connectivity index (χ3v) is 1.84. The molecule has 5 nitrogen and oxygen atoms in total. The van der Waals surface area contributed by atoms with Crippen LogP contribution in [0.4, 0.5) is 0 Å². The number of hydrogen-bond acceptors (Lipinski definition) is 2. The summed E-state index contributed by atoms with van der Waals surface area (Å²) in [5, 5.41) is 4.83. The van der Waals surface area contributed by atoms with Gasteiger partial charge in [0.05, 0.1) is 0 Å². The average molecular weight is 206 g/mol. The standard InChI is InChI=1S/C10H14N4O/c11-10(12)13-14(8-15)7-6-9-4-2-1-3-5-9/h1-5,8H,6-7H2,(H4,11,12,13). The van der Waals surface area contributed by atoms with E-state index in [0.29, 0.717) is 13.0 Å². The fourth-order valence-electron chi connectivity index (χ4n) is 1.16. The first-order valence-electron chi connectivity index (χ1n) is 4.58. The van der Waals surface area contributed by atoms with Crippen molar-refractivity contribution in [3.8, 4) is 0 Å². The highest BCUT2D eigenvalue weighted by molar-refractivity contribution is 5.76. The second-order valence-electron chi connectivity index (χ2n) is 3.03. The first kappa shape index (κ1) is 11.0. The van der Waals surface area contributed by atoms with Gasteiger partial charge in [0.15, 0.2) is 0 Å². The number of carbonyl (C=O) groups excluding carboxylic acids is 1. The molecule has 0 aromatic heterocycles. The van der Waals surface area contributed by atoms with Crippen LogP contribution in [0.2, 0.25) is 0 Å². The van der Waals surface area contributed by atoms with Crippen molar-refractivity contribution in [2.45, 2.75) is 6.42 Å². The number of amides is 1. The van der Waals surface area contributed by atoms with E-state index in [1.165, 1.54) is 5.01 Å². The summed E-state index contributed by atoms with van der Waals surface area (Å²) in [6.45, 7) is 0.464. The van der Waals surface area contributed by atoms with Crippen LogP contribution in [0.25, 0.3) is 0 Å². The summed E-state index contributed by atoms with van der Waals surface area (Å²) in [5.41, 5.74) is 11.5. The lowest BCUT2D eigenvalue weighted by Gasteiger charge is -2.10. The van der Waals surface area contributed by atoms with Gasteiger partial charge in [-0.05, 0) is 12.0 Å². The maximum absolute atomic E-state index is 10.6. The lowest BCUT2D eigenvalue weighted by Crippen LogP contribution is -2.29. The Kier molecular flexibility index (Phi) is 4.15. The molecule has 5 heteroatoms. The van der Waals surface area contributed by atoms with Gasteiger partial charge >= 0.3 is 0 Å². The Bertz CT molecular complexity index is 333. The largest absolute Gasteiger partial charge is 0.369 e. The van der Waals surface area contributed by atoms with E-state index in [4.69, 9.17) is 11.5 Å². The minimum atomic E-state index is -0.116. The first-order chi connectivity index (χ1) is 7.22. The van der Waals surface area contributed by atoms with Gasteiger partial charge < -0.3 is 11.5 Å². The predicted molar refractivity (Wildman–Crippen MR) is 58.7 cm³/mol. The number of nitrogens with zero attached hydrogens (tertiary/aromatic N) is 2. The van der Waals surface area contributed by atoms with E-state index in [1.807, 2.05) is 30.3 Å². The SMILES string of the molecule is NC(N)=NN(C=O)CCc1ccccc1. The highest BCUT2D eigenvalue weighted by atomic mass is 16.1. The molecule has 0 spiro atoms. The van der Waals surface area contributed by atoms with Gasteiger partial charge in [-0.2, -0.15) is 0 Å². The van der Waals surface area contributed by atoms with Crippen LogP contribution in [0.5, 0.6) is 0 Å². The summed E-state index contributed by atoms with van der Waals surface area (Å²) >= 11 is 0. The second-order valence-corrected chi connectivity index (χ2v) is 3.03. The van der Waals surface area contributed by atoms with Gasteiger partial charge in [0.25, 0.3) is 0 Å². The smallest absolute Gasteiger partial charge is 0.229 e. The quantitative estimate of drug-likeness (QED) is 0.305. The Balaban J connectivity index is 2.48. The van der Waals surface area contributed by atoms with Crippen molar-refractivity contribution in [2.75, 3.05) is 6.54 Å². The first-order valence-corrected chi connectivity index (χ1v) is 4.58. The molecule has 0 fully saturated rings. The predicted octanol–water partition coefficient (Wildman–Crippen LogP) is -0.124. The van der Waals surface area contributed by atoms with Crippen molar-refractivity contribution in [3.05, 3.63) is 35.9 Å². The number of guanidine groups is 1. The van der Waals surface area contributed by atoms with Gasteiger partial charge in [-0.25, -0.2) is 5.01 Å². The molecule has 0 heterocycles.